The van der Waals surface area contributed by atoms with Crippen LogP contribution in [0.25, 0.3) is 0 Å². The molecule has 5 heteroatoms. The molecule has 1 N–H and O–H groups in total. The highest BCUT2D eigenvalue weighted by Crippen LogP contribution is 2.53. The topological polar surface area (TPSA) is 51.2 Å². The third kappa shape index (κ3) is 1.89. The lowest BCUT2D eigenvalue weighted by molar-refractivity contribution is -0.154. The number of piperidine rings is 1. The van der Waals surface area contributed by atoms with E-state index in [9.17, 15) is 5.11 Å². The maximum absolute atomic E-state index is 10.4. The summed E-state index contributed by atoms with van der Waals surface area (Å²) in [6.45, 7) is 2.75. The Labute approximate surface area is 131 Å². The quantitative estimate of drug-likeness (QED) is 0.778. The van der Waals surface area contributed by atoms with Crippen LogP contribution in [0.4, 0.5) is 0 Å². The van der Waals surface area contributed by atoms with Crippen LogP contribution in [0.5, 0.6) is 0 Å². The third-order valence-corrected chi connectivity index (χ3v) is 7.23. The van der Waals surface area contributed by atoms with Gasteiger partial charge in [0.2, 0.25) is 0 Å². The zero-order valence-corrected chi connectivity index (χ0v) is 13.3. The lowest BCUT2D eigenvalue weighted by Gasteiger charge is -2.56. The van der Waals surface area contributed by atoms with Crippen LogP contribution in [-0.4, -0.2) is 67.5 Å². The van der Waals surface area contributed by atoms with E-state index in [1.54, 1.807) is 0 Å². The van der Waals surface area contributed by atoms with Gasteiger partial charge in [-0.1, -0.05) is 0 Å². The molecule has 0 amide bonds. The van der Waals surface area contributed by atoms with Gasteiger partial charge in [-0.15, -0.1) is 0 Å². The van der Waals surface area contributed by atoms with Gasteiger partial charge in [-0.25, -0.2) is 0 Å². The maximum Gasteiger partial charge on any atom is 0.147 e. The molecule has 2 saturated carbocycles. The van der Waals surface area contributed by atoms with Crippen LogP contribution in [0.2, 0.25) is 0 Å². The van der Waals surface area contributed by atoms with E-state index < -0.39 is 0 Å². The van der Waals surface area contributed by atoms with Crippen molar-refractivity contribution >= 4 is 0 Å². The highest BCUT2D eigenvalue weighted by Gasteiger charge is 2.58. The van der Waals surface area contributed by atoms with E-state index in [1.807, 2.05) is 7.11 Å². The second kappa shape index (κ2) is 5.15. The van der Waals surface area contributed by atoms with Gasteiger partial charge in [0.05, 0.1) is 18.3 Å². The second-order valence-corrected chi connectivity index (χ2v) is 8.04. The largest absolute Gasteiger partial charge is 0.393 e. The Morgan fingerprint density at radius 2 is 2.00 bits per heavy atom. The van der Waals surface area contributed by atoms with Crippen molar-refractivity contribution in [1.29, 1.82) is 0 Å². The summed E-state index contributed by atoms with van der Waals surface area (Å²) in [5.41, 5.74) is 0. The summed E-state index contributed by atoms with van der Waals surface area (Å²) in [7, 11) is 1.82. The number of rotatable bonds is 1. The first-order chi connectivity index (χ1) is 10.8. The first kappa shape index (κ1) is 14.2. The molecule has 0 aromatic rings. The number of hydrogen-bond acceptors (Lipinski definition) is 5. The Morgan fingerprint density at radius 1 is 1.09 bits per heavy atom. The van der Waals surface area contributed by atoms with Gasteiger partial charge in [0.15, 0.2) is 0 Å². The average molecular weight is 309 g/mol. The molecule has 0 spiro atoms. The van der Waals surface area contributed by atoms with Crippen molar-refractivity contribution in [3.63, 3.8) is 0 Å². The molecule has 124 valence electrons. The molecule has 22 heavy (non-hydrogen) atoms. The van der Waals surface area contributed by atoms with Crippen LogP contribution < -0.4 is 0 Å². The van der Waals surface area contributed by atoms with Gasteiger partial charge in [0.1, 0.15) is 12.9 Å². The number of fused-ring (bicyclic) bond motifs is 3. The van der Waals surface area contributed by atoms with Crippen molar-refractivity contribution in [3.05, 3.63) is 0 Å². The zero-order valence-electron chi connectivity index (χ0n) is 13.3. The predicted octanol–water partition coefficient (Wildman–Crippen LogP) is 0.854. The maximum atomic E-state index is 10.4. The predicted molar refractivity (Wildman–Crippen MR) is 79.2 cm³/mol. The summed E-state index contributed by atoms with van der Waals surface area (Å²) in [5, 5.41) is 10.4. The number of aliphatic hydroxyl groups excluding tert-OH is 1. The van der Waals surface area contributed by atoms with E-state index in [2.05, 4.69) is 4.90 Å². The first-order valence-corrected chi connectivity index (χ1v) is 8.94. The summed E-state index contributed by atoms with van der Waals surface area (Å²) in [6.07, 6.45) is 4.65. The van der Waals surface area contributed by atoms with E-state index in [-0.39, 0.29) is 24.4 Å². The van der Waals surface area contributed by atoms with Gasteiger partial charge in [-0.2, -0.15) is 0 Å². The Morgan fingerprint density at radius 3 is 2.86 bits per heavy atom. The number of aliphatic hydroxyl groups is 1. The molecule has 0 bridgehead atoms. The van der Waals surface area contributed by atoms with Crippen LogP contribution in [0, 0.1) is 23.7 Å². The monoisotopic (exact) mass is 309 g/mol. The molecular formula is C17H27NO4. The average Bonchev–Trinajstić information content (AvgIpc) is 3.13. The molecular weight excluding hydrogens is 282 g/mol. The Kier molecular flexibility index (Phi) is 3.32. The van der Waals surface area contributed by atoms with Crippen molar-refractivity contribution in [2.24, 2.45) is 23.7 Å². The van der Waals surface area contributed by atoms with Gasteiger partial charge in [0.25, 0.3) is 0 Å². The summed E-state index contributed by atoms with van der Waals surface area (Å²) in [6, 6.07) is 0.695. The Balaban J connectivity index is 1.49. The molecule has 3 aliphatic heterocycles. The molecule has 5 rings (SSSR count). The van der Waals surface area contributed by atoms with E-state index in [1.165, 1.54) is 13.0 Å². The normalized spacial score (nSPS) is 57.3. The van der Waals surface area contributed by atoms with Gasteiger partial charge < -0.3 is 19.3 Å². The van der Waals surface area contributed by atoms with Gasteiger partial charge in [0, 0.05) is 25.6 Å². The Bertz CT molecular complexity index is 446. The molecule has 5 fully saturated rings. The van der Waals surface area contributed by atoms with E-state index in [0.29, 0.717) is 36.5 Å². The molecule has 3 saturated heterocycles. The molecule has 0 radical (unpaired) electrons. The molecule has 0 aromatic carbocycles. The van der Waals surface area contributed by atoms with Gasteiger partial charge in [-0.3, -0.25) is 4.90 Å². The summed E-state index contributed by atoms with van der Waals surface area (Å²) in [5.74, 6) is 2.45. The van der Waals surface area contributed by atoms with E-state index in [0.717, 1.165) is 25.8 Å². The summed E-state index contributed by atoms with van der Waals surface area (Å²) >= 11 is 0. The SMILES string of the molecule is COC1C2CN3CCC4CC(O)CC(C2CC2OCOC21)C43. The molecule has 9 atom stereocenters. The second-order valence-electron chi connectivity index (χ2n) is 8.04. The number of hydrogen-bond donors (Lipinski definition) is 1. The van der Waals surface area contributed by atoms with Crippen molar-refractivity contribution in [2.75, 3.05) is 27.0 Å². The molecule has 3 heterocycles. The Hall–Kier alpha value is -0.200. The van der Waals surface area contributed by atoms with Crippen LogP contribution in [0.15, 0.2) is 0 Å². The van der Waals surface area contributed by atoms with Gasteiger partial charge >= 0.3 is 0 Å². The highest BCUT2D eigenvalue weighted by molar-refractivity contribution is 5.09. The summed E-state index contributed by atoms with van der Waals surface area (Å²) in [4.78, 5) is 2.70. The minimum atomic E-state index is -0.107. The lowest BCUT2D eigenvalue weighted by Crippen LogP contribution is -2.63. The fraction of sp³-hybridized carbons (Fsp3) is 1.00. The first-order valence-electron chi connectivity index (χ1n) is 8.94. The minimum absolute atomic E-state index is 0.106. The summed E-state index contributed by atoms with van der Waals surface area (Å²) < 4.78 is 17.6. The fourth-order valence-electron chi connectivity index (χ4n) is 6.53. The zero-order chi connectivity index (χ0) is 14.8. The molecule has 9 unspecified atom stereocenters. The molecule has 0 aromatic heterocycles. The molecule has 5 nitrogen and oxygen atoms in total. The number of nitrogens with zero attached hydrogens (tertiary/aromatic N) is 1. The van der Waals surface area contributed by atoms with Crippen LogP contribution >= 0.6 is 0 Å². The van der Waals surface area contributed by atoms with Crippen molar-refractivity contribution in [2.45, 2.75) is 56.1 Å². The lowest BCUT2D eigenvalue weighted by atomic mass is 9.59. The van der Waals surface area contributed by atoms with Crippen molar-refractivity contribution in [1.82, 2.24) is 4.90 Å². The molecule has 2 aliphatic carbocycles. The van der Waals surface area contributed by atoms with Crippen molar-refractivity contribution < 1.29 is 19.3 Å². The van der Waals surface area contributed by atoms with Crippen LogP contribution in [0.1, 0.15) is 25.7 Å². The number of methoxy groups -OCH3 is 1. The van der Waals surface area contributed by atoms with Crippen LogP contribution in [0.3, 0.4) is 0 Å². The third-order valence-electron chi connectivity index (χ3n) is 7.23. The smallest absolute Gasteiger partial charge is 0.147 e. The van der Waals surface area contributed by atoms with Crippen LogP contribution in [-0.2, 0) is 14.2 Å². The van der Waals surface area contributed by atoms with E-state index in [4.69, 9.17) is 14.2 Å². The van der Waals surface area contributed by atoms with Gasteiger partial charge in [-0.05, 0) is 50.0 Å². The highest BCUT2D eigenvalue weighted by atomic mass is 16.7. The van der Waals surface area contributed by atoms with E-state index >= 15 is 0 Å². The standard InChI is InChI=1S/C17H27NO4/c1-20-16-13-7-18-3-2-9-4-10(19)5-12(15(9)18)11(13)6-14-17(16)22-8-21-14/h9-17,19H,2-8H2,1H3. The van der Waals surface area contributed by atoms with Crippen molar-refractivity contribution in [3.8, 4) is 0 Å². The fourth-order valence-corrected chi connectivity index (χ4v) is 6.53. The minimum Gasteiger partial charge on any atom is -0.393 e. The molecule has 5 aliphatic rings. The number of ether oxygens (including phenoxy) is 3.